The van der Waals surface area contributed by atoms with Crippen LogP contribution < -0.4 is 4.74 Å². The lowest BCUT2D eigenvalue weighted by Gasteiger charge is -2.25. The maximum Gasteiger partial charge on any atom is 0.295 e. The van der Waals surface area contributed by atoms with E-state index in [-0.39, 0.29) is 17.9 Å². The van der Waals surface area contributed by atoms with Gasteiger partial charge >= 0.3 is 0 Å². The van der Waals surface area contributed by atoms with Crippen LogP contribution in [0.4, 0.5) is 4.39 Å². The summed E-state index contributed by atoms with van der Waals surface area (Å²) in [4.78, 5) is 27.3. The molecule has 1 aliphatic heterocycles. The van der Waals surface area contributed by atoms with Crippen LogP contribution in [0.3, 0.4) is 0 Å². The zero-order chi connectivity index (χ0) is 22.0. The van der Waals surface area contributed by atoms with Gasteiger partial charge in [0, 0.05) is 12.1 Å². The van der Waals surface area contributed by atoms with Gasteiger partial charge in [-0.25, -0.2) is 4.39 Å². The zero-order valence-electron chi connectivity index (χ0n) is 16.8. The highest BCUT2D eigenvalue weighted by Crippen LogP contribution is 2.40. The molecule has 1 heterocycles. The fourth-order valence-corrected chi connectivity index (χ4v) is 3.72. The normalized spacial score (nSPS) is 17.7. The van der Waals surface area contributed by atoms with Gasteiger partial charge < -0.3 is 14.7 Å². The van der Waals surface area contributed by atoms with Crippen LogP contribution >= 0.6 is 0 Å². The number of carbonyl (C=O) groups excluding carboxylic acids is 2. The SMILES string of the molecule is COc1ccc(/C(O)=C2\C(=O)C(=O)N(Cc3ccccc3)C2c2ccc(F)cc2)cc1. The van der Waals surface area contributed by atoms with Gasteiger partial charge in [0.05, 0.1) is 18.7 Å². The first-order chi connectivity index (χ1) is 15.0. The van der Waals surface area contributed by atoms with Gasteiger partial charge in [0.1, 0.15) is 17.3 Å². The maximum atomic E-state index is 13.5. The van der Waals surface area contributed by atoms with E-state index in [2.05, 4.69) is 0 Å². The average Bonchev–Trinajstić information content (AvgIpc) is 3.05. The number of benzene rings is 3. The molecule has 0 aliphatic carbocycles. The highest BCUT2D eigenvalue weighted by atomic mass is 19.1. The molecule has 1 unspecified atom stereocenters. The Morgan fingerprint density at radius 2 is 1.61 bits per heavy atom. The Hall–Kier alpha value is -3.93. The van der Waals surface area contributed by atoms with E-state index in [1.807, 2.05) is 30.3 Å². The molecular weight excluding hydrogens is 397 g/mol. The van der Waals surface area contributed by atoms with Crippen molar-refractivity contribution in [2.45, 2.75) is 12.6 Å². The summed E-state index contributed by atoms with van der Waals surface area (Å²) in [5.41, 5.74) is 1.72. The molecule has 156 valence electrons. The molecule has 1 aliphatic rings. The number of ether oxygens (including phenoxy) is 1. The summed E-state index contributed by atoms with van der Waals surface area (Å²) in [6, 6.07) is 20.5. The smallest absolute Gasteiger partial charge is 0.295 e. The summed E-state index contributed by atoms with van der Waals surface area (Å²) < 4.78 is 18.7. The molecule has 0 bridgehead atoms. The number of amides is 1. The Balaban J connectivity index is 1.84. The first-order valence-electron chi connectivity index (χ1n) is 9.72. The Morgan fingerprint density at radius 3 is 2.23 bits per heavy atom. The fraction of sp³-hybridized carbons (Fsp3) is 0.120. The Morgan fingerprint density at radius 1 is 0.968 bits per heavy atom. The van der Waals surface area contributed by atoms with Gasteiger partial charge in [-0.3, -0.25) is 9.59 Å². The van der Waals surface area contributed by atoms with E-state index in [0.717, 1.165) is 5.56 Å². The molecule has 0 saturated carbocycles. The van der Waals surface area contributed by atoms with Crippen molar-refractivity contribution >= 4 is 17.4 Å². The van der Waals surface area contributed by atoms with Crippen LogP contribution in [0.1, 0.15) is 22.7 Å². The minimum atomic E-state index is -0.845. The summed E-state index contributed by atoms with van der Waals surface area (Å²) in [7, 11) is 1.53. The molecule has 4 rings (SSSR count). The molecule has 0 radical (unpaired) electrons. The van der Waals surface area contributed by atoms with Crippen LogP contribution in [0.5, 0.6) is 5.75 Å². The number of rotatable bonds is 5. The third-order valence-electron chi connectivity index (χ3n) is 5.28. The first kappa shape index (κ1) is 20.3. The van der Waals surface area contributed by atoms with Gasteiger partial charge in [-0.05, 0) is 47.5 Å². The van der Waals surface area contributed by atoms with Crippen LogP contribution in [-0.4, -0.2) is 28.8 Å². The number of Topliss-reactive ketones (excluding diaryl/α,β-unsaturated/α-hetero) is 1. The van der Waals surface area contributed by atoms with Gasteiger partial charge in [0.15, 0.2) is 0 Å². The maximum absolute atomic E-state index is 13.5. The van der Waals surface area contributed by atoms with Gasteiger partial charge in [-0.2, -0.15) is 0 Å². The van der Waals surface area contributed by atoms with Crippen molar-refractivity contribution in [3.05, 3.63) is 107 Å². The second kappa shape index (κ2) is 8.44. The standard InChI is InChI=1S/C25H20FNO4/c1-31-20-13-9-18(10-14-20)23(28)21-22(17-7-11-19(26)12-8-17)27(25(30)24(21)29)15-16-5-3-2-4-6-16/h2-14,22,28H,15H2,1H3/b23-21+. The van der Waals surface area contributed by atoms with E-state index >= 15 is 0 Å². The lowest BCUT2D eigenvalue weighted by Crippen LogP contribution is -2.29. The molecule has 6 heteroatoms. The second-order valence-corrected chi connectivity index (χ2v) is 7.19. The number of halogens is 1. The van der Waals surface area contributed by atoms with E-state index in [1.54, 1.807) is 24.3 Å². The van der Waals surface area contributed by atoms with E-state index in [1.165, 1.54) is 36.3 Å². The molecule has 0 spiro atoms. The van der Waals surface area contributed by atoms with Crippen molar-refractivity contribution in [2.75, 3.05) is 7.11 Å². The molecule has 3 aromatic rings. The summed E-state index contributed by atoms with van der Waals surface area (Å²) in [5.74, 6) is -1.62. The second-order valence-electron chi connectivity index (χ2n) is 7.19. The Labute approximate surface area is 179 Å². The zero-order valence-corrected chi connectivity index (χ0v) is 16.8. The quantitative estimate of drug-likeness (QED) is 0.378. The van der Waals surface area contributed by atoms with Crippen molar-refractivity contribution in [3.8, 4) is 5.75 Å². The van der Waals surface area contributed by atoms with Crippen molar-refractivity contribution in [1.82, 2.24) is 4.90 Å². The molecular formula is C25H20FNO4. The van der Waals surface area contributed by atoms with Crippen LogP contribution in [0, 0.1) is 5.82 Å². The number of nitrogens with zero attached hydrogens (tertiary/aromatic N) is 1. The third kappa shape index (κ3) is 3.92. The predicted octanol–water partition coefficient (Wildman–Crippen LogP) is 4.46. The molecule has 1 atom stereocenters. The van der Waals surface area contributed by atoms with E-state index in [0.29, 0.717) is 16.9 Å². The monoisotopic (exact) mass is 417 g/mol. The van der Waals surface area contributed by atoms with Crippen LogP contribution in [-0.2, 0) is 16.1 Å². The van der Waals surface area contributed by atoms with Crippen LogP contribution in [0.2, 0.25) is 0 Å². The van der Waals surface area contributed by atoms with E-state index < -0.39 is 23.5 Å². The molecule has 1 amide bonds. The predicted molar refractivity (Wildman–Crippen MR) is 114 cm³/mol. The summed E-state index contributed by atoms with van der Waals surface area (Å²) in [6.07, 6.45) is 0. The fourth-order valence-electron chi connectivity index (χ4n) is 3.72. The van der Waals surface area contributed by atoms with Gasteiger partial charge in [0.25, 0.3) is 11.7 Å². The number of methoxy groups -OCH3 is 1. The van der Waals surface area contributed by atoms with Crippen LogP contribution in [0.25, 0.3) is 5.76 Å². The minimum Gasteiger partial charge on any atom is -0.507 e. The largest absolute Gasteiger partial charge is 0.507 e. The van der Waals surface area contributed by atoms with E-state index in [9.17, 15) is 19.1 Å². The number of hydrogen-bond acceptors (Lipinski definition) is 4. The van der Waals surface area contributed by atoms with Crippen LogP contribution in [0.15, 0.2) is 84.4 Å². The molecule has 0 aromatic heterocycles. The number of aliphatic hydroxyl groups excluding tert-OH is 1. The average molecular weight is 417 g/mol. The van der Waals surface area contributed by atoms with Gasteiger partial charge in [-0.15, -0.1) is 0 Å². The van der Waals surface area contributed by atoms with E-state index in [4.69, 9.17) is 4.74 Å². The highest BCUT2D eigenvalue weighted by molar-refractivity contribution is 6.46. The first-order valence-corrected chi connectivity index (χ1v) is 9.72. The number of aliphatic hydroxyl groups is 1. The number of ketones is 1. The molecule has 1 saturated heterocycles. The third-order valence-corrected chi connectivity index (χ3v) is 5.28. The number of likely N-dealkylation sites (tertiary alicyclic amines) is 1. The molecule has 3 aromatic carbocycles. The van der Waals surface area contributed by atoms with Gasteiger partial charge in [-0.1, -0.05) is 42.5 Å². The molecule has 1 N–H and O–H groups in total. The summed E-state index contributed by atoms with van der Waals surface area (Å²) >= 11 is 0. The Kier molecular flexibility index (Phi) is 5.54. The van der Waals surface area contributed by atoms with Gasteiger partial charge in [0.2, 0.25) is 0 Å². The molecule has 31 heavy (non-hydrogen) atoms. The molecule has 1 fully saturated rings. The Bertz CT molecular complexity index is 1140. The lowest BCUT2D eigenvalue weighted by atomic mass is 9.95. The number of carbonyl (C=O) groups is 2. The summed E-state index contributed by atoms with van der Waals surface area (Å²) in [6.45, 7) is 0.173. The summed E-state index contributed by atoms with van der Waals surface area (Å²) in [5, 5.41) is 11.0. The minimum absolute atomic E-state index is 0.0299. The van der Waals surface area contributed by atoms with Crippen molar-refractivity contribution in [3.63, 3.8) is 0 Å². The van der Waals surface area contributed by atoms with Crippen molar-refractivity contribution < 1.29 is 23.8 Å². The highest BCUT2D eigenvalue weighted by Gasteiger charge is 2.46. The molecule has 5 nitrogen and oxygen atoms in total. The van der Waals surface area contributed by atoms with Crippen molar-refractivity contribution in [1.29, 1.82) is 0 Å². The van der Waals surface area contributed by atoms with Crippen molar-refractivity contribution in [2.24, 2.45) is 0 Å². The lowest BCUT2D eigenvalue weighted by molar-refractivity contribution is -0.140. The topological polar surface area (TPSA) is 66.8 Å². The number of hydrogen-bond donors (Lipinski definition) is 1.